The summed E-state index contributed by atoms with van der Waals surface area (Å²) in [6.07, 6.45) is 8.28. The molecule has 124 valence electrons. The fraction of sp³-hybridized carbons (Fsp3) is 0.400. The third-order valence-corrected chi connectivity index (χ3v) is 4.51. The average Bonchev–Trinajstić information content (AvgIpc) is 2.61. The van der Waals surface area contributed by atoms with Gasteiger partial charge in [0, 0.05) is 24.7 Å². The topological polar surface area (TPSA) is 53.3 Å². The predicted molar refractivity (Wildman–Crippen MR) is 92.7 cm³/mol. The van der Waals surface area contributed by atoms with Gasteiger partial charge in [0.25, 0.3) is 5.91 Å². The van der Waals surface area contributed by atoms with Gasteiger partial charge in [0.2, 0.25) is 0 Å². The first kappa shape index (κ1) is 16.3. The summed E-state index contributed by atoms with van der Waals surface area (Å²) < 4.78 is 5.67. The summed E-state index contributed by atoms with van der Waals surface area (Å²) in [4.78, 5) is 14.3. The number of fused-ring (bicyclic) bond motifs is 1. The van der Waals surface area contributed by atoms with Gasteiger partial charge in [-0.1, -0.05) is 19.4 Å². The monoisotopic (exact) mass is 322 g/mol. The van der Waals surface area contributed by atoms with Crippen molar-refractivity contribution < 1.29 is 9.53 Å². The molecule has 0 atom stereocenters. The van der Waals surface area contributed by atoms with Gasteiger partial charge < -0.3 is 9.64 Å². The number of benzene rings is 1. The summed E-state index contributed by atoms with van der Waals surface area (Å²) in [7, 11) is 0. The highest BCUT2D eigenvalue weighted by Crippen LogP contribution is 2.29. The number of carbonyl (C=O) groups is 1. The molecule has 4 nitrogen and oxygen atoms in total. The Labute approximate surface area is 143 Å². The predicted octanol–water partition coefficient (Wildman–Crippen LogP) is 3.78. The van der Waals surface area contributed by atoms with Crippen molar-refractivity contribution in [3.05, 3.63) is 52.4 Å². The highest BCUT2D eigenvalue weighted by Gasteiger charge is 2.24. The number of rotatable bonds is 5. The quantitative estimate of drug-likeness (QED) is 0.775. The third-order valence-electron chi connectivity index (χ3n) is 4.51. The summed E-state index contributed by atoms with van der Waals surface area (Å²) in [6.45, 7) is 3.49. The maximum absolute atomic E-state index is 12.4. The van der Waals surface area contributed by atoms with Crippen molar-refractivity contribution in [3.8, 4) is 6.07 Å². The van der Waals surface area contributed by atoms with Crippen LogP contribution in [0.5, 0.6) is 0 Å². The first-order chi connectivity index (χ1) is 11.7. The Kier molecular flexibility index (Phi) is 5.00. The molecule has 0 spiro atoms. The number of hydrogen-bond donors (Lipinski definition) is 0. The molecular formula is C20H22N2O2. The molecule has 0 fully saturated rings. The maximum Gasteiger partial charge on any atom is 0.254 e. The van der Waals surface area contributed by atoms with Crippen molar-refractivity contribution >= 4 is 12.0 Å². The number of aryl methyl sites for hydroxylation is 1. The molecule has 1 heterocycles. The van der Waals surface area contributed by atoms with Crippen LogP contribution in [0.1, 0.15) is 49.3 Å². The van der Waals surface area contributed by atoms with Crippen LogP contribution >= 0.6 is 0 Å². The molecule has 0 radical (unpaired) electrons. The molecule has 1 amide bonds. The van der Waals surface area contributed by atoms with E-state index in [1.54, 1.807) is 6.08 Å². The minimum atomic E-state index is 0.0103. The molecular weight excluding hydrogens is 300 g/mol. The van der Waals surface area contributed by atoms with Gasteiger partial charge in [0.05, 0.1) is 18.2 Å². The number of unbranched alkanes of at least 4 members (excludes halogenated alkanes) is 1. The Balaban J connectivity index is 1.72. The van der Waals surface area contributed by atoms with Gasteiger partial charge in [0.1, 0.15) is 5.76 Å². The van der Waals surface area contributed by atoms with Crippen LogP contribution in [0.3, 0.4) is 0 Å². The van der Waals surface area contributed by atoms with Gasteiger partial charge in [0.15, 0.2) is 0 Å². The van der Waals surface area contributed by atoms with Crippen molar-refractivity contribution in [1.29, 1.82) is 5.26 Å². The van der Waals surface area contributed by atoms with Gasteiger partial charge >= 0.3 is 0 Å². The van der Waals surface area contributed by atoms with Crippen LogP contribution in [-0.4, -0.2) is 24.0 Å². The van der Waals surface area contributed by atoms with Gasteiger partial charge in [-0.25, -0.2) is 0 Å². The van der Waals surface area contributed by atoms with Crippen LogP contribution in [-0.2, 0) is 16.0 Å². The SMILES string of the molecule is CCCCOC1=CC(=O)N(C2=Cc3ccc(C#N)cc3CC2)CC1. The van der Waals surface area contributed by atoms with E-state index in [1.807, 2.05) is 23.1 Å². The molecule has 0 aromatic heterocycles. The summed E-state index contributed by atoms with van der Waals surface area (Å²) in [5.74, 6) is 0.816. The lowest BCUT2D eigenvalue weighted by Gasteiger charge is -2.30. The zero-order chi connectivity index (χ0) is 16.9. The van der Waals surface area contributed by atoms with Gasteiger partial charge in [-0.05, 0) is 48.6 Å². The minimum absolute atomic E-state index is 0.0103. The summed E-state index contributed by atoms with van der Waals surface area (Å²) in [6, 6.07) is 7.92. The molecule has 1 aromatic carbocycles. The average molecular weight is 322 g/mol. The first-order valence-corrected chi connectivity index (χ1v) is 8.59. The van der Waals surface area contributed by atoms with Crippen LogP contribution in [0.25, 0.3) is 6.08 Å². The van der Waals surface area contributed by atoms with Crippen LogP contribution in [0.4, 0.5) is 0 Å². The fourth-order valence-electron chi connectivity index (χ4n) is 3.13. The molecule has 0 saturated carbocycles. The second-order valence-electron chi connectivity index (χ2n) is 6.21. The molecule has 24 heavy (non-hydrogen) atoms. The number of ether oxygens (including phenoxy) is 1. The molecule has 0 saturated heterocycles. The zero-order valence-corrected chi connectivity index (χ0v) is 14.0. The number of amides is 1. The number of allylic oxidation sites excluding steroid dienone is 1. The van der Waals surface area contributed by atoms with E-state index in [0.717, 1.165) is 49.1 Å². The second-order valence-corrected chi connectivity index (χ2v) is 6.21. The molecule has 0 unspecified atom stereocenters. The van der Waals surface area contributed by atoms with Crippen molar-refractivity contribution in [2.75, 3.05) is 13.2 Å². The lowest BCUT2D eigenvalue weighted by atomic mass is 9.93. The second kappa shape index (κ2) is 7.35. The standard InChI is InChI=1S/C20H22N2O2/c1-2-3-10-24-19-8-9-22(20(23)13-19)18-7-6-16-11-15(14-21)4-5-17(16)12-18/h4-5,11-13H,2-3,6-10H2,1H3. The van der Waals surface area contributed by atoms with E-state index in [1.165, 1.54) is 5.56 Å². The zero-order valence-electron chi connectivity index (χ0n) is 14.0. The normalized spacial score (nSPS) is 16.8. The van der Waals surface area contributed by atoms with E-state index in [9.17, 15) is 4.79 Å². The first-order valence-electron chi connectivity index (χ1n) is 8.59. The highest BCUT2D eigenvalue weighted by atomic mass is 16.5. The van der Waals surface area contributed by atoms with E-state index < -0.39 is 0 Å². The van der Waals surface area contributed by atoms with E-state index in [2.05, 4.69) is 19.1 Å². The number of carbonyl (C=O) groups excluding carboxylic acids is 1. The maximum atomic E-state index is 12.4. The molecule has 1 aliphatic heterocycles. The van der Waals surface area contributed by atoms with Crippen LogP contribution < -0.4 is 0 Å². The van der Waals surface area contributed by atoms with E-state index in [-0.39, 0.29) is 5.91 Å². The van der Waals surface area contributed by atoms with Crippen LogP contribution in [0, 0.1) is 11.3 Å². The number of hydrogen-bond acceptors (Lipinski definition) is 3. The molecule has 0 bridgehead atoms. The largest absolute Gasteiger partial charge is 0.498 e. The number of nitrogens with zero attached hydrogens (tertiary/aromatic N) is 2. The fourth-order valence-corrected chi connectivity index (χ4v) is 3.13. The molecule has 4 heteroatoms. The van der Waals surface area contributed by atoms with E-state index in [0.29, 0.717) is 18.7 Å². The van der Waals surface area contributed by atoms with Gasteiger partial charge in [-0.3, -0.25) is 4.79 Å². The smallest absolute Gasteiger partial charge is 0.254 e. The van der Waals surface area contributed by atoms with Gasteiger partial charge in [-0.2, -0.15) is 5.26 Å². The molecule has 0 N–H and O–H groups in total. The van der Waals surface area contributed by atoms with Gasteiger partial charge in [-0.15, -0.1) is 0 Å². The highest BCUT2D eigenvalue weighted by molar-refractivity contribution is 5.91. The molecule has 3 rings (SSSR count). The van der Waals surface area contributed by atoms with E-state index in [4.69, 9.17) is 10.00 Å². The summed E-state index contributed by atoms with van der Waals surface area (Å²) in [5.41, 5.74) is 4.04. The molecule has 1 aromatic rings. The van der Waals surface area contributed by atoms with Crippen LogP contribution in [0.2, 0.25) is 0 Å². The number of nitriles is 1. The third kappa shape index (κ3) is 3.51. The minimum Gasteiger partial charge on any atom is -0.498 e. The van der Waals surface area contributed by atoms with Crippen molar-refractivity contribution in [3.63, 3.8) is 0 Å². The summed E-state index contributed by atoms with van der Waals surface area (Å²) >= 11 is 0. The Morgan fingerprint density at radius 2 is 2.12 bits per heavy atom. The molecule has 1 aliphatic carbocycles. The van der Waals surface area contributed by atoms with Crippen molar-refractivity contribution in [2.45, 2.75) is 39.0 Å². The Morgan fingerprint density at radius 3 is 2.88 bits per heavy atom. The lowest BCUT2D eigenvalue weighted by Crippen LogP contribution is -2.34. The van der Waals surface area contributed by atoms with E-state index >= 15 is 0 Å². The van der Waals surface area contributed by atoms with Crippen molar-refractivity contribution in [1.82, 2.24) is 4.90 Å². The lowest BCUT2D eigenvalue weighted by molar-refractivity contribution is -0.125. The summed E-state index contributed by atoms with van der Waals surface area (Å²) in [5, 5.41) is 9.00. The van der Waals surface area contributed by atoms with Crippen molar-refractivity contribution in [2.24, 2.45) is 0 Å². The van der Waals surface area contributed by atoms with Crippen LogP contribution in [0.15, 0.2) is 35.7 Å². The Hall–Kier alpha value is -2.54. The molecule has 2 aliphatic rings. The Bertz CT molecular complexity index is 740. The Morgan fingerprint density at radius 1 is 1.25 bits per heavy atom.